The Hall–Kier alpha value is -2.19. The van der Waals surface area contributed by atoms with E-state index < -0.39 is 0 Å². The van der Waals surface area contributed by atoms with Crippen LogP contribution in [0, 0.1) is 11.3 Å². The van der Waals surface area contributed by atoms with Gasteiger partial charge in [0.15, 0.2) is 0 Å². The topological polar surface area (TPSA) is 57.2 Å². The van der Waals surface area contributed by atoms with E-state index >= 15 is 0 Å². The van der Waals surface area contributed by atoms with Gasteiger partial charge in [-0.3, -0.25) is 4.79 Å². The highest BCUT2D eigenvalue weighted by Crippen LogP contribution is 2.18. The van der Waals surface area contributed by atoms with Crippen molar-refractivity contribution in [3.8, 4) is 6.07 Å². The van der Waals surface area contributed by atoms with E-state index in [1.165, 1.54) is 0 Å². The number of hydrogen-bond acceptors (Lipinski definition) is 4. The predicted octanol–water partition coefficient (Wildman–Crippen LogP) is 3.70. The lowest BCUT2D eigenvalue weighted by molar-refractivity contribution is -0.131. The summed E-state index contributed by atoms with van der Waals surface area (Å²) >= 11 is 1.66. The van der Waals surface area contributed by atoms with Gasteiger partial charge in [0, 0.05) is 23.6 Å². The van der Waals surface area contributed by atoms with Crippen LogP contribution in [-0.2, 0) is 11.3 Å². The molecule has 0 radical (unpaired) electrons. The van der Waals surface area contributed by atoms with Crippen molar-refractivity contribution in [3.63, 3.8) is 0 Å². The molecule has 0 atom stereocenters. The van der Waals surface area contributed by atoms with Crippen LogP contribution in [0.4, 0.5) is 0 Å². The zero-order valence-electron chi connectivity index (χ0n) is 12.3. The van der Waals surface area contributed by atoms with Crippen LogP contribution in [0.1, 0.15) is 18.6 Å². The summed E-state index contributed by atoms with van der Waals surface area (Å²) in [5.41, 5.74) is 0. The van der Waals surface area contributed by atoms with Gasteiger partial charge in [0.05, 0.1) is 25.3 Å². The van der Waals surface area contributed by atoms with E-state index in [2.05, 4.69) is 6.07 Å². The standard InChI is InChI=1S/C17H18N2O2S/c18-10-5-11-19(14-15-6-4-12-21-15)17(20)9-13-22-16-7-2-1-3-8-16/h1-4,6-8,12H,5,9,11,13-14H2. The van der Waals surface area contributed by atoms with Gasteiger partial charge in [-0.05, 0) is 24.3 Å². The van der Waals surface area contributed by atoms with Gasteiger partial charge in [0.25, 0.3) is 0 Å². The first-order valence-electron chi connectivity index (χ1n) is 7.14. The maximum absolute atomic E-state index is 12.3. The van der Waals surface area contributed by atoms with E-state index in [9.17, 15) is 4.79 Å². The quantitative estimate of drug-likeness (QED) is 0.697. The Balaban J connectivity index is 1.84. The summed E-state index contributed by atoms with van der Waals surface area (Å²) in [5.74, 6) is 1.52. The summed E-state index contributed by atoms with van der Waals surface area (Å²) in [4.78, 5) is 15.2. The number of carbonyl (C=O) groups is 1. The van der Waals surface area contributed by atoms with E-state index in [-0.39, 0.29) is 5.91 Å². The van der Waals surface area contributed by atoms with Gasteiger partial charge in [0.1, 0.15) is 5.76 Å². The minimum Gasteiger partial charge on any atom is -0.467 e. The number of furan rings is 1. The van der Waals surface area contributed by atoms with Crippen LogP contribution >= 0.6 is 11.8 Å². The van der Waals surface area contributed by atoms with Crippen LogP contribution in [0.5, 0.6) is 0 Å². The molecule has 114 valence electrons. The maximum Gasteiger partial charge on any atom is 0.223 e. The molecular formula is C17H18N2O2S. The number of carbonyl (C=O) groups excluding carboxylic acids is 1. The first kappa shape index (κ1) is 16.2. The second kappa shape index (κ2) is 8.96. The third-order valence-corrected chi connectivity index (χ3v) is 4.11. The van der Waals surface area contributed by atoms with Crippen LogP contribution < -0.4 is 0 Å². The van der Waals surface area contributed by atoms with E-state index in [1.807, 2.05) is 36.4 Å². The highest BCUT2D eigenvalue weighted by atomic mass is 32.2. The highest BCUT2D eigenvalue weighted by molar-refractivity contribution is 7.99. The van der Waals surface area contributed by atoms with Crippen LogP contribution in [-0.4, -0.2) is 23.1 Å². The molecule has 0 saturated carbocycles. The monoisotopic (exact) mass is 314 g/mol. The van der Waals surface area contributed by atoms with Gasteiger partial charge in [-0.1, -0.05) is 18.2 Å². The van der Waals surface area contributed by atoms with Crippen molar-refractivity contribution < 1.29 is 9.21 Å². The number of nitriles is 1. The van der Waals surface area contributed by atoms with Crippen LogP contribution in [0.3, 0.4) is 0 Å². The largest absolute Gasteiger partial charge is 0.467 e. The Morgan fingerprint density at radius 3 is 2.73 bits per heavy atom. The average Bonchev–Trinajstić information content (AvgIpc) is 3.05. The Labute approximate surface area is 134 Å². The first-order valence-corrected chi connectivity index (χ1v) is 8.13. The molecule has 0 fully saturated rings. The molecule has 1 aromatic carbocycles. The first-order chi connectivity index (χ1) is 10.8. The second-order valence-corrected chi connectivity index (χ2v) is 5.88. The maximum atomic E-state index is 12.3. The molecule has 2 aromatic rings. The number of amides is 1. The molecule has 1 aromatic heterocycles. The number of rotatable bonds is 8. The summed E-state index contributed by atoms with van der Waals surface area (Å²) in [6.45, 7) is 0.857. The molecule has 0 N–H and O–H groups in total. The van der Waals surface area contributed by atoms with Crippen molar-refractivity contribution >= 4 is 17.7 Å². The fourth-order valence-electron chi connectivity index (χ4n) is 2.00. The van der Waals surface area contributed by atoms with Gasteiger partial charge < -0.3 is 9.32 Å². The van der Waals surface area contributed by atoms with Gasteiger partial charge in [-0.2, -0.15) is 5.26 Å². The molecule has 0 saturated heterocycles. The van der Waals surface area contributed by atoms with Crippen LogP contribution in [0.2, 0.25) is 0 Å². The molecule has 0 aliphatic rings. The molecule has 22 heavy (non-hydrogen) atoms. The smallest absolute Gasteiger partial charge is 0.223 e. The molecule has 0 spiro atoms. The van der Waals surface area contributed by atoms with Gasteiger partial charge in [-0.25, -0.2) is 0 Å². The van der Waals surface area contributed by atoms with Gasteiger partial charge in [0.2, 0.25) is 5.91 Å². The lowest BCUT2D eigenvalue weighted by atomic mass is 10.3. The van der Waals surface area contributed by atoms with E-state index in [0.29, 0.717) is 25.9 Å². The van der Waals surface area contributed by atoms with Crippen molar-refractivity contribution in [1.82, 2.24) is 4.90 Å². The van der Waals surface area contributed by atoms with E-state index in [0.717, 1.165) is 16.4 Å². The molecular weight excluding hydrogens is 296 g/mol. The average molecular weight is 314 g/mol. The summed E-state index contributed by atoms with van der Waals surface area (Å²) in [6, 6.07) is 15.7. The van der Waals surface area contributed by atoms with E-state index in [1.54, 1.807) is 29.0 Å². The number of benzene rings is 1. The Bertz CT molecular complexity index is 605. The third kappa shape index (κ3) is 5.30. The van der Waals surface area contributed by atoms with Crippen molar-refractivity contribution in [2.75, 3.05) is 12.3 Å². The molecule has 2 rings (SSSR count). The van der Waals surface area contributed by atoms with Crippen molar-refractivity contribution in [2.45, 2.75) is 24.3 Å². The lowest BCUT2D eigenvalue weighted by Gasteiger charge is -2.20. The highest BCUT2D eigenvalue weighted by Gasteiger charge is 2.14. The van der Waals surface area contributed by atoms with Crippen molar-refractivity contribution in [3.05, 3.63) is 54.5 Å². The fourth-order valence-corrected chi connectivity index (χ4v) is 2.86. The normalized spacial score (nSPS) is 10.1. The molecule has 4 nitrogen and oxygen atoms in total. The van der Waals surface area contributed by atoms with Gasteiger partial charge in [-0.15, -0.1) is 11.8 Å². The molecule has 0 unspecified atom stereocenters. The van der Waals surface area contributed by atoms with E-state index in [4.69, 9.17) is 9.68 Å². The molecule has 1 heterocycles. The SMILES string of the molecule is N#CCCN(Cc1ccco1)C(=O)CCSc1ccccc1. The Kier molecular flexibility index (Phi) is 6.59. The van der Waals surface area contributed by atoms with Crippen molar-refractivity contribution in [1.29, 1.82) is 5.26 Å². The minimum absolute atomic E-state index is 0.0510. The number of hydrogen-bond donors (Lipinski definition) is 0. The lowest BCUT2D eigenvalue weighted by Crippen LogP contribution is -2.31. The molecule has 0 bridgehead atoms. The minimum atomic E-state index is 0.0510. The summed E-state index contributed by atoms with van der Waals surface area (Å²) in [7, 11) is 0. The van der Waals surface area contributed by atoms with Crippen LogP contribution in [0.25, 0.3) is 0 Å². The third-order valence-electron chi connectivity index (χ3n) is 3.10. The second-order valence-electron chi connectivity index (χ2n) is 4.71. The predicted molar refractivity (Wildman–Crippen MR) is 86.1 cm³/mol. The summed E-state index contributed by atoms with van der Waals surface area (Å²) < 4.78 is 5.29. The Morgan fingerprint density at radius 2 is 2.05 bits per heavy atom. The van der Waals surface area contributed by atoms with Crippen molar-refractivity contribution in [2.24, 2.45) is 0 Å². The molecule has 5 heteroatoms. The summed E-state index contributed by atoms with van der Waals surface area (Å²) in [6.07, 6.45) is 2.37. The molecule has 0 aliphatic heterocycles. The molecule has 0 aliphatic carbocycles. The zero-order chi connectivity index (χ0) is 15.6. The Morgan fingerprint density at radius 1 is 1.23 bits per heavy atom. The van der Waals surface area contributed by atoms with Crippen LogP contribution in [0.15, 0.2) is 58.0 Å². The fraction of sp³-hybridized carbons (Fsp3) is 0.294. The number of thioether (sulfide) groups is 1. The number of nitrogens with zero attached hydrogens (tertiary/aromatic N) is 2. The zero-order valence-corrected chi connectivity index (χ0v) is 13.1. The van der Waals surface area contributed by atoms with Gasteiger partial charge >= 0.3 is 0 Å². The summed E-state index contributed by atoms with van der Waals surface area (Å²) in [5, 5.41) is 8.73. The molecule has 1 amide bonds.